The molecule has 0 unspecified atom stereocenters. The summed E-state index contributed by atoms with van der Waals surface area (Å²) >= 11 is 0. The second kappa shape index (κ2) is 4.81. The lowest BCUT2D eigenvalue weighted by molar-refractivity contribution is -0.139. The standard InChI is InChI=1S/C8H15N3O2/c9-11-8(13)7(12)10-6-4-2-1-3-5-6/h6H,1-5,9H2,(H,10,12)(H,11,13). The summed E-state index contributed by atoms with van der Waals surface area (Å²) in [6.45, 7) is 0. The maximum absolute atomic E-state index is 11.0. The Bertz CT molecular complexity index is 200. The van der Waals surface area contributed by atoms with Crippen LogP contribution in [0.1, 0.15) is 32.1 Å². The fourth-order valence-electron chi connectivity index (χ4n) is 1.56. The van der Waals surface area contributed by atoms with Crippen molar-refractivity contribution in [2.24, 2.45) is 5.84 Å². The summed E-state index contributed by atoms with van der Waals surface area (Å²) in [5.74, 6) is 3.41. The number of rotatable bonds is 1. The molecule has 0 aromatic carbocycles. The second-order valence-corrected chi connectivity index (χ2v) is 3.28. The van der Waals surface area contributed by atoms with Crippen molar-refractivity contribution in [1.29, 1.82) is 0 Å². The number of carbonyl (C=O) groups excluding carboxylic acids is 2. The highest BCUT2D eigenvalue weighted by molar-refractivity contribution is 6.34. The molecule has 74 valence electrons. The summed E-state index contributed by atoms with van der Waals surface area (Å²) in [4.78, 5) is 21.8. The molecule has 1 saturated carbocycles. The molecule has 0 heterocycles. The molecule has 13 heavy (non-hydrogen) atoms. The molecule has 5 heteroatoms. The van der Waals surface area contributed by atoms with Crippen molar-refractivity contribution in [3.05, 3.63) is 0 Å². The lowest BCUT2D eigenvalue weighted by atomic mass is 9.95. The molecule has 0 aromatic heterocycles. The quantitative estimate of drug-likeness (QED) is 0.221. The van der Waals surface area contributed by atoms with Gasteiger partial charge in [0, 0.05) is 6.04 Å². The van der Waals surface area contributed by atoms with Crippen LogP contribution in [0.15, 0.2) is 0 Å². The van der Waals surface area contributed by atoms with Crippen LogP contribution >= 0.6 is 0 Å². The molecule has 0 bridgehead atoms. The van der Waals surface area contributed by atoms with Gasteiger partial charge in [0.05, 0.1) is 0 Å². The number of carbonyl (C=O) groups is 2. The van der Waals surface area contributed by atoms with Gasteiger partial charge in [0.25, 0.3) is 0 Å². The zero-order valence-corrected chi connectivity index (χ0v) is 7.51. The van der Waals surface area contributed by atoms with Crippen LogP contribution < -0.4 is 16.6 Å². The van der Waals surface area contributed by atoms with E-state index in [1.54, 1.807) is 5.43 Å². The smallest absolute Gasteiger partial charge is 0.323 e. The van der Waals surface area contributed by atoms with Crippen LogP contribution in [0.5, 0.6) is 0 Å². The molecule has 0 spiro atoms. The molecule has 1 aliphatic carbocycles. The molecule has 1 fully saturated rings. The lowest BCUT2D eigenvalue weighted by Crippen LogP contribution is -2.47. The van der Waals surface area contributed by atoms with Gasteiger partial charge in [-0.15, -0.1) is 0 Å². The first-order valence-corrected chi connectivity index (χ1v) is 4.55. The van der Waals surface area contributed by atoms with Crippen molar-refractivity contribution in [2.45, 2.75) is 38.1 Å². The average Bonchev–Trinajstić information content (AvgIpc) is 2.18. The third-order valence-corrected chi connectivity index (χ3v) is 2.28. The van der Waals surface area contributed by atoms with Crippen molar-refractivity contribution >= 4 is 11.8 Å². The molecule has 0 radical (unpaired) electrons. The highest BCUT2D eigenvalue weighted by Crippen LogP contribution is 2.16. The minimum Gasteiger partial charge on any atom is -0.345 e. The third kappa shape index (κ3) is 3.02. The van der Waals surface area contributed by atoms with Crippen LogP contribution in [0.3, 0.4) is 0 Å². The van der Waals surface area contributed by atoms with Gasteiger partial charge in [-0.25, -0.2) is 5.84 Å². The number of hydrogen-bond donors (Lipinski definition) is 3. The van der Waals surface area contributed by atoms with Gasteiger partial charge in [-0.3, -0.25) is 15.0 Å². The summed E-state index contributed by atoms with van der Waals surface area (Å²) < 4.78 is 0. The lowest BCUT2D eigenvalue weighted by Gasteiger charge is -2.22. The summed E-state index contributed by atoms with van der Waals surface area (Å²) in [5.41, 5.74) is 1.80. The van der Waals surface area contributed by atoms with Gasteiger partial charge in [0.2, 0.25) is 0 Å². The van der Waals surface area contributed by atoms with E-state index in [1.165, 1.54) is 6.42 Å². The highest BCUT2D eigenvalue weighted by Gasteiger charge is 2.19. The molecule has 2 amide bonds. The number of hydrazine groups is 1. The van der Waals surface area contributed by atoms with E-state index in [0.29, 0.717) is 0 Å². The number of hydrogen-bond acceptors (Lipinski definition) is 3. The van der Waals surface area contributed by atoms with Crippen LogP contribution in [0, 0.1) is 0 Å². The van der Waals surface area contributed by atoms with Gasteiger partial charge < -0.3 is 5.32 Å². The van der Waals surface area contributed by atoms with Crippen molar-refractivity contribution in [2.75, 3.05) is 0 Å². The van der Waals surface area contributed by atoms with Crippen molar-refractivity contribution < 1.29 is 9.59 Å². The first-order valence-electron chi connectivity index (χ1n) is 4.55. The highest BCUT2D eigenvalue weighted by atomic mass is 16.2. The molecular weight excluding hydrogens is 170 g/mol. The molecule has 0 saturated heterocycles. The summed E-state index contributed by atoms with van der Waals surface area (Å²) in [5, 5.41) is 2.64. The second-order valence-electron chi connectivity index (χ2n) is 3.28. The Hall–Kier alpha value is -1.10. The molecular formula is C8H15N3O2. The predicted molar refractivity (Wildman–Crippen MR) is 47.3 cm³/mol. The van der Waals surface area contributed by atoms with Crippen LogP contribution in [0.2, 0.25) is 0 Å². The van der Waals surface area contributed by atoms with Gasteiger partial charge >= 0.3 is 11.8 Å². The van der Waals surface area contributed by atoms with Gasteiger partial charge in [0.15, 0.2) is 0 Å². The Morgan fingerprint density at radius 2 is 1.69 bits per heavy atom. The van der Waals surface area contributed by atoms with Crippen LogP contribution in [-0.4, -0.2) is 17.9 Å². The van der Waals surface area contributed by atoms with Crippen molar-refractivity contribution in [3.63, 3.8) is 0 Å². The van der Waals surface area contributed by atoms with E-state index in [4.69, 9.17) is 5.84 Å². The fourth-order valence-corrected chi connectivity index (χ4v) is 1.56. The first-order chi connectivity index (χ1) is 6.24. The fraction of sp³-hybridized carbons (Fsp3) is 0.750. The minimum atomic E-state index is -0.773. The first kappa shape index (κ1) is 9.98. The largest absolute Gasteiger partial charge is 0.345 e. The SMILES string of the molecule is NNC(=O)C(=O)NC1CCCCC1. The molecule has 4 N–H and O–H groups in total. The number of nitrogens with one attached hydrogen (secondary N) is 2. The number of amides is 2. The van der Waals surface area contributed by atoms with E-state index in [-0.39, 0.29) is 6.04 Å². The zero-order chi connectivity index (χ0) is 9.68. The van der Waals surface area contributed by atoms with Crippen LogP contribution in [0.25, 0.3) is 0 Å². The Kier molecular flexibility index (Phi) is 3.70. The molecule has 0 atom stereocenters. The summed E-state index contributed by atoms with van der Waals surface area (Å²) in [6.07, 6.45) is 5.38. The maximum atomic E-state index is 11.0. The molecule has 0 aliphatic heterocycles. The Balaban J connectivity index is 2.30. The number of nitrogens with two attached hydrogens (primary N) is 1. The zero-order valence-electron chi connectivity index (χ0n) is 7.51. The predicted octanol–water partition coefficient (Wildman–Crippen LogP) is -0.575. The average molecular weight is 185 g/mol. The molecule has 1 rings (SSSR count). The monoisotopic (exact) mass is 185 g/mol. The van der Waals surface area contributed by atoms with E-state index in [1.807, 2.05) is 0 Å². The Morgan fingerprint density at radius 3 is 2.23 bits per heavy atom. The molecule has 0 aromatic rings. The normalized spacial score (nSPS) is 17.9. The van der Waals surface area contributed by atoms with Gasteiger partial charge in [-0.2, -0.15) is 0 Å². The Labute approximate surface area is 77.0 Å². The molecule has 5 nitrogen and oxygen atoms in total. The van der Waals surface area contributed by atoms with E-state index >= 15 is 0 Å². The third-order valence-electron chi connectivity index (χ3n) is 2.28. The minimum absolute atomic E-state index is 0.151. The van der Waals surface area contributed by atoms with E-state index < -0.39 is 11.8 Å². The summed E-state index contributed by atoms with van der Waals surface area (Å²) in [6, 6.07) is 0.151. The van der Waals surface area contributed by atoms with E-state index in [2.05, 4.69) is 5.32 Å². The maximum Gasteiger partial charge on any atom is 0.323 e. The van der Waals surface area contributed by atoms with Crippen molar-refractivity contribution in [1.82, 2.24) is 10.7 Å². The van der Waals surface area contributed by atoms with Crippen LogP contribution in [-0.2, 0) is 9.59 Å². The summed E-state index contributed by atoms with van der Waals surface area (Å²) in [7, 11) is 0. The van der Waals surface area contributed by atoms with Gasteiger partial charge in [0.1, 0.15) is 0 Å². The van der Waals surface area contributed by atoms with Crippen molar-refractivity contribution in [3.8, 4) is 0 Å². The van der Waals surface area contributed by atoms with Crippen LogP contribution in [0.4, 0.5) is 0 Å². The van der Waals surface area contributed by atoms with E-state index in [9.17, 15) is 9.59 Å². The van der Waals surface area contributed by atoms with E-state index in [0.717, 1.165) is 25.7 Å². The topological polar surface area (TPSA) is 84.2 Å². The van der Waals surface area contributed by atoms with Gasteiger partial charge in [-0.1, -0.05) is 19.3 Å². The Morgan fingerprint density at radius 1 is 1.08 bits per heavy atom. The molecule has 1 aliphatic rings. The van der Waals surface area contributed by atoms with Gasteiger partial charge in [-0.05, 0) is 12.8 Å².